The first kappa shape index (κ1) is 11.9. The Bertz CT molecular complexity index is 317. The van der Waals surface area contributed by atoms with Crippen molar-refractivity contribution in [1.29, 1.82) is 0 Å². The smallest absolute Gasteiger partial charge is 0.105 e. The molecule has 0 spiro atoms. The molecule has 88 valence electrons. The van der Waals surface area contributed by atoms with E-state index in [9.17, 15) is 0 Å². The van der Waals surface area contributed by atoms with Crippen LogP contribution in [-0.4, -0.2) is 34.2 Å². The van der Waals surface area contributed by atoms with Crippen molar-refractivity contribution >= 4 is 11.8 Å². The second kappa shape index (κ2) is 5.66. The van der Waals surface area contributed by atoms with Crippen LogP contribution >= 0.6 is 11.8 Å². The number of nitrogens with two attached hydrogens (primary N) is 1. The second-order valence-electron chi connectivity index (χ2n) is 4.40. The molecule has 1 aromatic rings. The molecule has 2 rings (SSSR count). The molecule has 1 saturated heterocycles. The van der Waals surface area contributed by atoms with Crippen LogP contribution < -0.4 is 5.73 Å². The Balaban J connectivity index is 1.85. The number of hydrogen-bond donors (Lipinski definition) is 1. The number of aromatic nitrogens is 1. The summed E-state index contributed by atoms with van der Waals surface area (Å²) in [6.07, 6.45) is 2.84. The summed E-state index contributed by atoms with van der Waals surface area (Å²) in [6.45, 7) is 4.41. The normalized spacial score (nSPS) is 26.9. The highest BCUT2D eigenvalue weighted by Crippen LogP contribution is 2.22. The highest BCUT2D eigenvalue weighted by molar-refractivity contribution is 7.99. The first-order chi connectivity index (χ1) is 7.75. The van der Waals surface area contributed by atoms with Gasteiger partial charge in [0.2, 0.25) is 0 Å². The third kappa shape index (κ3) is 3.20. The van der Waals surface area contributed by atoms with E-state index in [2.05, 4.69) is 22.9 Å². The fourth-order valence-corrected chi connectivity index (χ4v) is 2.98. The zero-order valence-electron chi connectivity index (χ0n) is 9.67. The van der Waals surface area contributed by atoms with Gasteiger partial charge in [0.05, 0.1) is 0 Å². The number of thioether (sulfide) groups is 1. The molecule has 16 heavy (non-hydrogen) atoms. The fraction of sp³-hybridized carbons (Fsp3) is 0.583. The van der Waals surface area contributed by atoms with Crippen LogP contribution in [0.15, 0.2) is 24.4 Å². The van der Waals surface area contributed by atoms with Crippen molar-refractivity contribution in [2.45, 2.75) is 18.8 Å². The van der Waals surface area contributed by atoms with Crippen LogP contribution in [0.5, 0.6) is 0 Å². The van der Waals surface area contributed by atoms with E-state index in [-0.39, 0.29) is 5.50 Å². The molecule has 2 N–H and O–H groups in total. The van der Waals surface area contributed by atoms with Gasteiger partial charge in [-0.15, -0.1) is 11.8 Å². The van der Waals surface area contributed by atoms with Gasteiger partial charge in [0, 0.05) is 31.4 Å². The lowest BCUT2D eigenvalue weighted by Crippen LogP contribution is -2.47. The molecule has 1 fully saturated rings. The van der Waals surface area contributed by atoms with Crippen molar-refractivity contribution in [1.82, 2.24) is 9.88 Å². The van der Waals surface area contributed by atoms with Crippen LogP contribution in [0.3, 0.4) is 0 Å². The summed E-state index contributed by atoms with van der Waals surface area (Å²) in [7, 11) is 0. The van der Waals surface area contributed by atoms with Gasteiger partial charge in [0.25, 0.3) is 0 Å². The average molecular weight is 237 g/mol. The standard InChI is InChI=1S/C12H19N3S/c1-10-8-15(12(13)16-9-10)7-5-11-4-2-3-6-14-11/h2-4,6,10,12H,5,7-9,13H2,1H3. The monoisotopic (exact) mass is 237 g/mol. The van der Waals surface area contributed by atoms with Gasteiger partial charge < -0.3 is 5.73 Å². The molecule has 1 aliphatic rings. The molecular formula is C12H19N3S. The molecule has 1 aromatic heterocycles. The van der Waals surface area contributed by atoms with Gasteiger partial charge >= 0.3 is 0 Å². The zero-order valence-corrected chi connectivity index (χ0v) is 10.5. The lowest BCUT2D eigenvalue weighted by atomic mass is 10.2. The summed E-state index contributed by atoms with van der Waals surface area (Å²) in [5.41, 5.74) is 7.39. The van der Waals surface area contributed by atoms with E-state index in [1.807, 2.05) is 30.1 Å². The maximum Gasteiger partial charge on any atom is 0.105 e. The Morgan fingerprint density at radius 1 is 1.56 bits per heavy atom. The molecule has 2 heterocycles. The van der Waals surface area contributed by atoms with E-state index < -0.39 is 0 Å². The first-order valence-electron chi connectivity index (χ1n) is 5.77. The van der Waals surface area contributed by atoms with Crippen molar-refractivity contribution in [3.05, 3.63) is 30.1 Å². The molecule has 0 aliphatic carbocycles. The van der Waals surface area contributed by atoms with Crippen LogP contribution in [0.4, 0.5) is 0 Å². The minimum absolute atomic E-state index is 0.167. The van der Waals surface area contributed by atoms with E-state index in [4.69, 9.17) is 5.73 Å². The van der Waals surface area contributed by atoms with E-state index in [1.165, 1.54) is 5.75 Å². The maximum atomic E-state index is 6.07. The van der Waals surface area contributed by atoms with Crippen LogP contribution in [0.25, 0.3) is 0 Å². The molecule has 0 aromatic carbocycles. The van der Waals surface area contributed by atoms with Gasteiger partial charge in [-0.2, -0.15) is 0 Å². The van der Waals surface area contributed by atoms with Gasteiger partial charge in [-0.1, -0.05) is 13.0 Å². The van der Waals surface area contributed by atoms with Crippen molar-refractivity contribution < 1.29 is 0 Å². The lowest BCUT2D eigenvalue weighted by Gasteiger charge is -2.35. The minimum atomic E-state index is 0.167. The largest absolute Gasteiger partial charge is 0.307 e. The maximum absolute atomic E-state index is 6.07. The zero-order chi connectivity index (χ0) is 11.4. The van der Waals surface area contributed by atoms with Gasteiger partial charge in [0.1, 0.15) is 5.50 Å². The van der Waals surface area contributed by atoms with E-state index in [0.717, 1.165) is 31.1 Å². The Morgan fingerprint density at radius 2 is 2.44 bits per heavy atom. The average Bonchev–Trinajstić information content (AvgIpc) is 2.32. The summed E-state index contributed by atoms with van der Waals surface area (Å²) < 4.78 is 0. The van der Waals surface area contributed by atoms with Crippen molar-refractivity contribution in [2.75, 3.05) is 18.8 Å². The molecule has 4 heteroatoms. The van der Waals surface area contributed by atoms with Crippen LogP contribution in [0.2, 0.25) is 0 Å². The molecule has 2 atom stereocenters. The number of pyridine rings is 1. The van der Waals surface area contributed by atoms with Gasteiger partial charge in [-0.05, 0) is 23.8 Å². The lowest BCUT2D eigenvalue weighted by molar-refractivity contribution is 0.223. The van der Waals surface area contributed by atoms with Crippen molar-refractivity contribution in [2.24, 2.45) is 11.7 Å². The predicted octanol–water partition coefficient (Wildman–Crippen LogP) is 1.55. The van der Waals surface area contributed by atoms with E-state index >= 15 is 0 Å². The Kier molecular flexibility index (Phi) is 4.21. The predicted molar refractivity (Wildman–Crippen MR) is 69.1 cm³/mol. The Morgan fingerprint density at radius 3 is 3.19 bits per heavy atom. The molecule has 0 radical (unpaired) electrons. The summed E-state index contributed by atoms with van der Waals surface area (Å²) in [4.78, 5) is 6.69. The van der Waals surface area contributed by atoms with Gasteiger partial charge in [-0.25, -0.2) is 0 Å². The van der Waals surface area contributed by atoms with E-state index in [0.29, 0.717) is 0 Å². The highest BCUT2D eigenvalue weighted by atomic mass is 32.2. The molecule has 1 aliphatic heterocycles. The molecule has 0 bridgehead atoms. The summed E-state index contributed by atoms with van der Waals surface area (Å²) in [6, 6.07) is 6.07. The Labute approximate surface area is 101 Å². The SMILES string of the molecule is CC1CSC(N)N(CCc2ccccn2)C1. The second-order valence-corrected chi connectivity index (χ2v) is 5.54. The van der Waals surface area contributed by atoms with Crippen LogP contribution in [0, 0.1) is 5.92 Å². The van der Waals surface area contributed by atoms with Gasteiger partial charge in [-0.3, -0.25) is 9.88 Å². The molecular weight excluding hydrogens is 218 g/mol. The molecule has 0 saturated carbocycles. The topological polar surface area (TPSA) is 42.1 Å². The summed E-state index contributed by atoms with van der Waals surface area (Å²) in [5.74, 6) is 1.93. The molecule has 2 unspecified atom stereocenters. The van der Waals surface area contributed by atoms with Crippen molar-refractivity contribution in [3.8, 4) is 0 Å². The van der Waals surface area contributed by atoms with E-state index in [1.54, 1.807) is 0 Å². The third-order valence-corrected chi connectivity index (χ3v) is 4.24. The van der Waals surface area contributed by atoms with Crippen LogP contribution in [-0.2, 0) is 6.42 Å². The minimum Gasteiger partial charge on any atom is -0.307 e. The number of nitrogens with zero attached hydrogens (tertiary/aromatic N) is 2. The van der Waals surface area contributed by atoms with Gasteiger partial charge in [0.15, 0.2) is 0 Å². The number of rotatable bonds is 3. The fourth-order valence-electron chi connectivity index (χ4n) is 1.95. The Hall–Kier alpha value is -0.580. The quantitative estimate of drug-likeness (QED) is 0.866. The summed E-state index contributed by atoms with van der Waals surface area (Å²) in [5, 5.41) is 0. The molecule has 0 amide bonds. The van der Waals surface area contributed by atoms with Crippen molar-refractivity contribution in [3.63, 3.8) is 0 Å². The third-order valence-electron chi connectivity index (χ3n) is 2.84. The highest BCUT2D eigenvalue weighted by Gasteiger charge is 2.23. The molecule has 3 nitrogen and oxygen atoms in total. The van der Waals surface area contributed by atoms with Crippen LogP contribution in [0.1, 0.15) is 12.6 Å². The first-order valence-corrected chi connectivity index (χ1v) is 6.82. The summed E-state index contributed by atoms with van der Waals surface area (Å²) >= 11 is 1.85. The number of hydrogen-bond acceptors (Lipinski definition) is 4.